The topological polar surface area (TPSA) is 58.5 Å². The number of ether oxygens (including phenoxy) is 5. The summed E-state index contributed by atoms with van der Waals surface area (Å²) in [5.41, 5.74) is 1.40. The fraction of sp³-hybridized carbons (Fsp3) is 0.192. The Labute approximate surface area is 188 Å². The van der Waals surface area contributed by atoms with Crippen LogP contribution in [-0.2, 0) is 0 Å². The second-order valence-electron chi connectivity index (χ2n) is 6.69. The van der Waals surface area contributed by atoms with E-state index < -0.39 is 0 Å². The SMILES string of the molecule is CCOc1cccc(OC(=Nc2ccc(OC)cc2)C(C)=COc2ccccc2OC)c1. The summed E-state index contributed by atoms with van der Waals surface area (Å²) >= 11 is 0. The summed E-state index contributed by atoms with van der Waals surface area (Å²) in [6, 6.07) is 22.2. The highest BCUT2D eigenvalue weighted by molar-refractivity contribution is 5.96. The van der Waals surface area contributed by atoms with E-state index in [2.05, 4.69) is 4.99 Å². The highest BCUT2D eigenvalue weighted by Crippen LogP contribution is 2.27. The van der Waals surface area contributed by atoms with Gasteiger partial charge in [-0.2, -0.15) is 0 Å². The Balaban J connectivity index is 1.91. The molecule has 3 aromatic carbocycles. The maximum absolute atomic E-state index is 6.13. The predicted octanol–water partition coefficient (Wildman–Crippen LogP) is 6.19. The van der Waals surface area contributed by atoms with Crippen LogP contribution in [0.1, 0.15) is 13.8 Å². The maximum Gasteiger partial charge on any atom is 0.225 e. The summed E-state index contributed by atoms with van der Waals surface area (Å²) < 4.78 is 28.1. The van der Waals surface area contributed by atoms with Crippen LogP contribution in [0.3, 0.4) is 0 Å². The smallest absolute Gasteiger partial charge is 0.225 e. The first kappa shape index (κ1) is 22.7. The Morgan fingerprint density at radius 3 is 2.22 bits per heavy atom. The van der Waals surface area contributed by atoms with Gasteiger partial charge in [-0.25, -0.2) is 4.99 Å². The molecular weight excluding hydrogens is 406 g/mol. The largest absolute Gasteiger partial charge is 0.497 e. The molecule has 0 atom stereocenters. The van der Waals surface area contributed by atoms with Gasteiger partial charge < -0.3 is 23.7 Å². The summed E-state index contributed by atoms with van der Waals surface area (Å²) in [6.45, 7) is 4.37. The number of nitrogens with zero attached hydrogens (tertiary/aromatic N) is 1. The molecule has 0 saturated heterocycles. The van der Waals surface area contributed by atoms with Crippen LogP contribution >= 0.6 is 0 Å². The van der Waals surface area contributed by atoms with Gasteiger partial charge in [-0.1, -0.05) is 18.2 Å². The van der Waals surface area contributed by atoms with Gasteiger partial charge in [0.25, 0.3) is 0 Å². The van der Waals surface area contributed by atoms with E-state index >= 15 is 0 Å². The van der Waals surface area contributed by atoms with Gasteiger partial charge in [-0.05, 0) is 62.4 Å². The lowest BCUT2D eigenvalue weighted by molar-refractivity contribution is 0.339. The number of hydrogen-bond acceptors (Lipinski definition) is 6. The average Bonchev–Trinajstić information content (AvgIpc) is 2.83. The molecule has 0 heterocycles. The van der Waals surface area contributed by atoms with E-state index in [9.17, 15) is 0 Å². The van der Waals surface area contributed by atoms with Crippen LogP contribution in [0.25, 0.3) is 0 Å². The molecule has 0 aliphatic carbocycles. The quantitative estimate of drug-likeness (QED) is 0.229. The third-order valence-corrected chi connectivity index (χ3v) is 4.40. The summed E-state index contributed by atoms with van der Waals surface area (Å²) in [4.78, 5) is 4.68. The molecule has 32 heavy (non-hydrogen) atoms. The minimum atomic E-state index is 0.388. The lowest BCUT2D eigenvalue weighted by Gasteiger charge is -2.12. The first-order chi connectivity index (χ1) is 15.6. The summed E-state index contributed by atoms with van der Waals surface area (Å²) in [5, 5.41) is 0. The van der Waals surface area contributed by atoms with E-state index in [0.717, 1.165) is 11.5 Å². The summed E-state index contributed by atoms with van der Waals surface area (Å²) in [6.07, 6.45) is 1.59. The van der Waals surface area contributed by atoms with Gasteiger partial charge >= 0.3 is 0 Å². The zero-order chi connectivity index (χ0) is 22.8. The van der Waals surface area contributed by atoms with Crippen molar-refractivity contribution >= 4 is 11.6 Å². The van der Waals surface area contributed by atoms with Crippen molar-refractivity contribution in [2.75, 3.05) is 20.8 Å². The molecule has 6 nitrogen and oxygen atoms in total. The summed E-state index contributed by atoms with van der Waals surface area (Å²) in [5.74, 6) is 3.70. The number of aliphatic imine (C=N–C) groups is 1. The first-order valence-electron chi connectivity index (χ1n) is 10.2. The number of para-hydroxylation sites is 2. The van der Waals surface area contributed by atoms with Crippen LogP contribution in [0.4, 0.5) is 5.69 Å². The number of methoxy groups -OCH3 is 2. The highest BCUT2D eigenvalue weighted by Gasteiger charge is 2.10. The van der Waals surface area contributed by atoms with Gasteiger partial charge in [0.05, 0.1) is 32.8 Å². The van der Waals surface area contributed by atoms with Crippen molar-refractivity contribution in [1.29, 1.82) is 0 Å². The Morgan fingerprint density at radius 1 is 0.812 bits per heavy atom. The Hall–Kier alpha value is -3.93. The third kappa shape index (κ3) is 6.28. The van der Waals surface area contributed by atoms with Crippen molar-refractivity contribution in [3.8, 4) is 28.7 Å². The Morgan fingerprint density at radius 2 is 1.53 bits per heavy atom. The molecule has 0 aliphatic heterocycles. The van der Waals surface area contributed by atoms with E-state index in [0.29, 0.717) is 41.0 Å². The monoisotopic (exact) mass is 433 g/mol. The molecule has 0 unspecified atom stereocenters. The van der Waals surface area contributed by atoms with Gasteiger partial charge in [-0.15, -0.1) is 0 Å². The van der Waals surface area contributed by atoms with Crippen molar-refractivity contribution in [1.82, 2.24) is 0 Å². The third-order valence-electron chi connectivity index (χ3n) is 4.40. The van der Waals surface area contributed by atoms with Crippen molar-refractivity contribution in [2.24, 2.45) is 4.99 Å². The molecule has 0 saturated carbocycles. The van der Waals surface area contributed by atoms with E-state index in [1.807, 2.05) is 86.6 Å². The number of hydrogen-bond donors (Lipinski definition) is 0. The molecule has 0 aromatic heterocycles. The van der Waals surface area contributed by atoms with E-state index in [1.165, 1.54) is 0 Å². The highest BCUT2D eigenvalue weighted by atomic mass is 16.5. The molecule has 166 valence electrons. The standard InChI is InChI=1S/C26H27NO5/c1-5-30-22-9-8-10-23(17-22)32-26(27-20-13-15-21(28-3)16-14-20)19(2)18-31-25-12-7-6-11-24(25)29-4/h6-18H,5H2,1-4H3. The molecule has 3 aromatic rings. The van der Waals surface area contributed by atoms with Crippen molar-refractivity contribution in [3.63, 3.8) is 0 Å². The van der Waals surface area contributed by atoms with Crippen LogP contribution in [0.5, 0.6) is 28.7 Å². The molecule has 0 radical (unpaired) electrons. The molecule has 3 rings (SSSR count). The average molecular weight is 434 g/mol. The fourth-order valence-corrected chi connectivity index (χ4v) is 2.79. The second kappa shape index (κ2) is 11.5. The maximum atomic E-state index is 6.13. The van der Waals surface area contributed by atoms with E-state index in [4.69, 9.17) is 23.7 Å². The normalized spacial score (nSPS) is 11.6. The lowest BCUT2D eigenvalue weighted by atomic mass is 10.3. The van der Waals surface area contributed by atoms with Gasteiger partial charge in [-0.3, -0.25) is 0 Å². The molecule has 6 heteroatoms. The van der Waals surface area contributed by atoms with Crippen molar-refractivity contribution in [2.45, 2.75) is 13.8 Å². The predicted molar refractivity (Wildman–Crippen MR) is 126 cm³/mol. The van der Waals surface area contributed by atoms with Crippen LogP contribution in [0.2, 0.25) is 0 Å². The molecule has 0 N–H and O–H groups in total. The van der Waals surface area contributed by atoms with Crippen LogP contribution in [-0.4, -0.2) is 26.7 Å². The molecular formula is C26H27NO5. The first-order valence-corrected chi connectivity index (χ1v) is 10.2. The Kier molecular flexibility index (Phi) is 8.15. The van der Waals surface area contributed by atoms with Crippen LogP contribution in [0, 0.1) is 0 Å². The van der Waals surface area contributed by atoms with Gasteiger partial charge in [0.15, 0.2) is 11.5 Å². The lowest BCUT2D eigenvalue weighted by Crippen LogP contribution is -2.11. The Bertz CT molecular complexity index is 1070. The van der Waals surface area contributed by atoms with E-state index in [-0.39, 0.29) is 0 Å². The molecule has 0 aliphatic rings. The zero-order valence-corrected chi connectivity index (χ0v) is 18.7. The van der Waals surface area contributed by atoms with Crippen molar-refractivity contribution in [3.05, 3.63) is 84.6 Å². The van der Waals surface area contributed by atoms with Gasteiger partial charge in [0.1, 0.15) is 17.2 Å². The van der Waals surface area contributed by atoms with Gasteiger partial charge in [0.2, 0.25) is 5.90 Å². The minimum absolute atomic E-state index is 0.388. The number of rotatable bonds is 9. The zero-order valence-electron chi connectivity index (χ0n) is 18.7. The molecule has 0 bridgehead atoms. The summed E-state index contributed by atoms with van der Waals surface area (Å²) in [7, 11) is 3.23. The van der Waals surface area contributed by atoms with E-state index in [1.54, 1.807) is 20.5 Å². The minimum Gasteiger partial charge on any atom is -0.497 e. The fourth-order valence-electron chi connectivity index (χ4n) is 2.79. The molecule has 0 spiro atoms. The molecule has 0 fully saturated rings. The number of benzene rings is 3. The second-order valence-corrected chi connectivity index (χ2v) is 6.69. The van der Waals surface area contributed by atoms with Crippen LogP contribution < -0.4 is 23.7 Å². The van der Waals surface area contributed by atoms with Crippen LogP contribution in [0.15, 0.2) is 89.6 Å². The van der Waals surface area contributed by atoms with Crippen molar-refractivity contribution < 1.29 is 23.7 Å². The van der Waals surface area contributed by atoms with Gasteiger partial charge in [0, 0.05) is 11.6 Å². The molecule has 0 amide bonds.